The van der Waals surface area contributed by atoms with Crippen LogP contribution in [-0.4, -0.2) is 11.2 Å². The Morgan fingerprint density at radius 1 is 1.45 bits per heavy atom. The predicted molar refractivity (Wildman–Crippen MR) is 39.9 cm³/mol. The maximum Gasteiger partial charge on any atom is 0.235 e. The van der Waals surface area contributed by atoms with Crippen LogP contribution in [0.4, 0.5) is 0 Å². The van der Waals surface area contributed by atoms with Crippen molar-refractivity contribution in [3.05, 3.63) is 29.8 Å². The fraction of sp³-hybridized carbons (Fsp3) is 0.125. The van der Waals surface area contributed by atoms with Gasteiger partial charge in [0.25, 0.3) is 0 Å². The van der Waals surface area contributed by atoms with Crippen LogP contribution in [0.3, 0.4) is 0 Å². The molecular weight excluding hydrogens is 142 g/mol. The average Bonchev–Trinajstić information content (AvgIpc) is 2.03. The van der Waals surface area contributed by atoms with Gasteiger partial charge in [-0.2, -0.15) is 0 Å². The van der Waals surface area contributed by atoms with Crippen LogP contribution in [0, 0.1) is 0 Å². The third-order valence-corrected chi connectivity index (χ3v) is 1.31. The first-order chi connectivity index (χ1) is 5.34. The number of aromatic hydroxyl groups is 1. The molecule has 0 radical (unpaired) electrons. The maximum absolute atomic E-state index is 9.72. The number of nitrogens with zero attached hydrogens (tertiary/aromatic N) is 1. The molecule has 0 aliphatic carbocycles. The van der Waals surface area contributed by atoms with Crippen molar-refractivity contribution in [2.45, 2.75) is 6.54 Å². The Labute approximate surface area is 64.0 Å². The monoisotopic (exact) mass is 149 g/mol. The molecule has 56 valence electrons. The summed E-state index contributed by atoms with van der Waals surface area (Å²) in [6.07, 6.45) is 1.41. The smallest absolute Gasteiger partial charge is 0.235 e. The second-order valence-electron chi connectivity index (χ2n) is 2.04. The van der Waals surface area contributed by atoms with E-state index in [-0.39, 0.29) is 12.3 Å². The van der Waals surface area contributed by atoms with Gasteiger partial charge in [-0.25, -0.2) is 9.79 Å². The number of phenols is 1. The number of para-hydroxylation sites is 1. The van der Waals surface area contributed by atoms with Gasteiger partial charge in [-0.15, -0.1) is 0 Å². The van der Waals surface area contributed by atoms with Crippen molar-refractivity contribution in [1.29, 1.82) is 0 Å². The van der Waals surface area contributed by atoms with Gasteiger partial charge < -0.3 is 5.11 Å². The van der Waals surface area contributed by atoms with Crippen molar-refractivity contribution >= 4 is 6.08 Å². The van der Waals surface area contributed by atoms with Crippen LogP contribution in [0.15, 0.2) is 29.3 Å². The highest BCUT2D eigenvalue weighted by Gasteiger charge is 1.95. The van der Waals surface area contributed by atoms with E-state index in [9.17, 15) is 4.79 Å². The second-order valence-corrected chi connectivity index (χ2v) is 2.04. The molecule has 11 heavy (non-hydrogen) atoms. The zero-order valence-electron chi connectivity index (χ0n) is 5.82. The van der Waals surface area contributed by atoms with E-state index >= 15 is 0 Å². The molecule has 0 aliphatic heterocycles. The molecule has 3 heteroatoms. The normalized spacial score (nSPS) is 8.73. The molecule has 1 aromatic rings. The summed E-state index contributed by atoms with van der Waals surface area (Å²) in [6, 6.07) is 6.74. The fourth-order valence-corrected chi connectivity index (χ4v) is 0.762. The molecule has 0 saturated carbocycles. The zero-order chi connectivity index (χ0) is 8.10. The number of rotatable bonds is 2. The highest BCUT2D eigenvalue weighted by Crippen LogP contribution is 2.15. The minimum Gasteiger partial charge on any atom is -0.508 e. The van der Waals surface area contributed by atoms with Crippen LogP contribution >= 0.6 is 0 Å². The maximum atomic E-state index is 9.72. The molecule has 0 aliphatic rings. The summed E-state index contributed by atoms with van der Waals surface area (Å²) in [5, 5.41) is 9.15. The molecule has 0 amide bonds. The average molecular weight is 149 g/mol. The van der Waals surface area contributed by atoms with Crippen molar-refractivity contribution in [2.24, 2.45) is 4.99 Å². The third-order valence-electron chi connectivity index (χ3n) is 1.31. The van der Waals surface area contributed by atoms with E-state index in [1.165, 1.54) is 6.08 Å². The SMILES string of the molecule is O=C=NCc1ccccc1O. The summed E-state index contributed by atoms with van der Waals surface area (Å²) in [4.78, 5) is 13.1. The highest BCUT2D eigenvalue weighted by atomic mass is 16.3. The van der Waals surface area contributed by atoms with Crippen molar-refractivity contribution in [1.82, 2.24) is 0 Å². The molecule has 1 N–H and O–H groups in total. The molecule has 3 nitrogen and oxygen atoms in total. The number of isocyanates is 1. The minimum atomic E-state index is 0.159. The Morgan fingerprint density at radius 2 is 2.18 bits per heavy atom. The summed E-state index contributed by atoms with van der Waals surface area (Å²) in [7, 11) is 0. The largest absolute Gasteiger partial charge is 0.508 e. The van der Waals surface area contributed by atoms with Crippen LogP contribution < -0.4 is 0 Å². The summed E-state index contributed by atoms with van der Waals surface area (Å²) in [6.45, 7) is 0.191. The Balaban J connectivity index is 2.85. The van der Waals surface area contributed by atoms with Gasteiger partial charge >= 0.3 is 0 Å². The van der Waals surface area contributed by atoms with Crippen LogP contribution in [0.5, 0.6) is 5.75 Å². The Bertz CT molecular complexity index is 290. The molecule has 0 fully saturated rings. The van der Waals surface area contributed by atoms with E-state index in [0.29, 0.717) is 5.56 Å². The van der Waals surface area contributed by atoms with E-state index in [1.807, 2.05) is 0 Å². The number of hydrogen-bond donors (Lipinski definition) is 1. The van der Waals surface area contributed by atoms with Gasteiger partial charge in [0.05, 0.1) is 6.54 Å². The molecule has 1 rings (SSSR count). The first-order valence-corrected chi connectivity index (χ1v) is 3.15. The topological polar surface area (TPSA) is 49.7 Å². The Morgan fingerprint density at radius 3 is 2.82 bits per heavy atom. The van der Waals surface area contributed by atoms with Crippen LogP contribution in [0.1, 0.15) is 5.56 Å². The van der Waals surface area contributed by atoms with Gasteiger partial charge in [-0.3, -0.25) is 0 Å². The standard InChI is InChI=1S/C8H7NO2/c10-6-9-5-7-3-1-2-4-8(7)11/h1-4,11H,5H2. The zero-order valence-corrected chi connectivity index (χ0v) is 5.82. The van der Waals surface area contributed by atoms with E-state index in [0.717, 1.165) is 0 Å². The molecule has 0 saturated heterocycles. The van der Waals surface area contributed by atoms with Crippen LogP contribution in [0.2, 0.25) is 0 Å². The van der Waals surface area contributed by atoms with E-state index in [2.05, 4.69) is 4.99 Å². The summed E-state index contributed by atoms with van der Waals surface area (Å²) in [5.41, 5.74) is 0.635. The van der Waals surface area contributed by atoms with Gasteiger partial charge in [0.1, 0.15) is 5.75 Å². The Hall–Kier alpha value is -1.60. The number of aliphatic imine (C=N–C) groups is 1. The van der Waals surface area contributed by atoms with Gasteiger partial charge in [-0.05, 0) is 6.07 Å². The van der Waals surface area contributed by atoms with Gasteiger partial charge in [0.15, 0.2) is 0 Å². The highest BCUT2D eigenvalue weighted by molar-refractivity contribution is 5.36. The lowest BCUT2D eigenvalue weighted by molar-refractivity contribution is 0.468. The van der Waals surface area contributed by atoms with Gasteiger partial charge in [0.2, 0.25) is 6.08 Å². The molecule has 0 bridgehead atoms. The summed E-state index contributed by atoms with van der Waals surface area (Å²) < 4.78 is 0. The lowest BCUT2D eigenvalue weighted by Gasteiger charge is -1.96. The van der Waals surface area contributed by atoms with E-state index in [4.69, 9.17) is 5.11 Å². The molecule has 0 spiro atoms. The first kappa shape index (κ1) is 7.51. The number of hydrogen-bond acceptors (Lipinski definition) is 3. The first-order valence-electron chi connectivity index (χ1n) is 3.15. The molecule has 0 atom stereocenters. The quantitative estimate of drug-likeness (QED) is 0.507. The Kier molecular flexibility index (Phi) is 2.42. The third kappa shape index (κ3) is 1.92. The summed E-state index contributed by atoms with van der Waals surface area (Å²) >= 11 is 0. The van der Waals surface area contributed by atoms with Crippen LogP contribution in [0.25, 0.3) is 0 Å². The number of benzene rings is 1. The fourth-order valence-electron chi connectivity index (χ4n) is 0.762. The van der Waals surface area contributed by atoms with E-state index < -0.39 is 0 Å². The lowest BCUT2D eigenvalue weighted by Crippen LogP contribution is -1.80. The van der Waals surface area contributed by atoms with Crippen molar-refractivity contribution in [3.8, 4) is 5.75 Å². The second kappa shape index (κ2) is 3.54. The molecule has 0 unspecified atom stereocenters. The number of phenolic OH excluding ortho intramolecular Hbond substituents is 1. The molecule has 0 heterocycles. The molecular formula is C8H7NO2. The van der Waals surface area contributed by atoms with Gasteiger partial charge in [0, 0.05) is 5.56 Å². The molecule has 0 aromatic heterocycles. The lowest BCUT2D eigenvalue weighted by atomic mass is 10.2. The minimum absolute atomic E-state index is 0.159. The predicted octanol–water partition coefficient (Wildman–Crippen LogP) is 1.23. The molecule has 1 aromatic carbocycles. The van der Waals surface area contributed by atoms with Crippen LogP contribution in [-0.2, 0) is 11.3 Å². The van der Waals surface area contributed by atoms with Crippen molar-refractivity contribution in [3.63, 3.8) is 0 Å². The van der Waals surface area contributed by atoms with Gasteiger partial charge in [-0.1, -0.05) is 18.2 Å². The number of carbonyl (C=O) groups excluding carboxylic acids is 1. The van der Waals surface area contributed by atoms with Crippen molar-refractivity contribution in [2.75, 3.05) is 0 Å². The van der Waals surface area contributed by atoms with E-state index in [1.54, 1.807) is 24.3 Å². The van der Waals surface area contributed by atoms with Crippen molar-refractivity contribution < 1.29 is 9.90 Å². The summed E-state index contributed by atoms with van der Waals surface area (Å²) in [5.74, 6) is 0.159.